The molecule has 0 saturated heterocycles. The highest BCUT2D eigenvalue weighted by Crippen LogP contribution is 2.12. The molecule has 102 valence electrons. The van der Waals surface area contributed by atoms with Crippen molar-refractivity contribution in [1.29, 1.82) is 0 Å². The van der Waals surface area contributed by atoms with E-state index in [0.717, 1.165) is 0 Å². The molecule has 0 nitrogen and oxygen atoms in total. The van der Waals surface area contributed by atoms with Crippen LogP contribution in [0.2, 0.25) is 0 Å². The average molecular weight is 254 g/mol. The standard InChI is InChI=1S/C16H16.C2H6.CH4/c1-4-8-15-13(5-2)11-12(3)14-9-6-7-10-16(14)15;1-2;/h4-11H,1H2,2-3H3;1-2H3;1H4/b13-5-,15-8+;;. The predicted molar refractivity (Wildman–Crippen MR) is 90.8 cm³/mol. The Morgan fingerprint density at radius 1 is 1.05 bits per heavy atom. The molecular formula is C19H26. The van der Waals surface area contributed by atoms with Gasteiger partial charge in [-0.15, -0.1) is 0 Å². The van der Waals surface area contributed by atoms with Crippen LogP contribution >= 0.6 is 0 Å². The van der Waals surface area contributed by atoms with Crippen LogP contribution in [0.25, 0.3) is 22.9 Å². The molecule has 2 aromatic carbocycles. The van der Waals surface area contributed by atoms with Crippen LogP contribution in [-0.2, 0) is 0 Å². The van der Waals surface area contributed by atoms with Crippen molar-refractivity contribution in [2.45, 2.75) is 35.1 Å². The lowest BCUT2D eigenvalue weighted by Crippen LogP contribution is -2.25. The van der Waals surface area contributed by atoms with Gasteiger partial charge in [0.05, 0.1) is 0 Å². The highest BCUT2D eigenvalue weighted by atomic mass is 14.0. The topological polar surface area (TPSA) is 0 Å². The lowest BCUT2D eigenvalue weighted by atomic mass is 10.0. The van der Waals surface area contributed by atoms with Crippen molar-refractivity contribution >= 4 is 22.9 Å². The second-order valence-electron chi connectivity index (χ2n) is 3.93. The summed E-state index contributed by atoms with van der Waals surface area (Å²) >= 11 is 0. The van der Waals surface area contributed by atoms with E-state index in [9.17, 15) is 0 Å². The molecule has 0 aliphatic heterocycles. The van der Waals surface area contributed by atoms with E-state index in [1.165, 1.54) is 26.8 Å². The SMILES string of the molecule is C.C=C/C=c1\c(=C/C)cc(C)c2ccccc12.CC. The molecule has 0 amide bonds. The molecule has 2 rings (SSSR count). The smallest absolute Gasteiger partial charge is 0.0103 e. The minimum absolute atomic E-state index is 0. The average Bonchev–Trinajstić information content (AvgIpc) is 2.44. The van der Waals surface area contributed by atoms with Crippen molar-refractivity contribution < 1.29 is 0 Å². The molecule has 0 N–H and O–H groups in total. The van der Waals surface area contributed by atoms with E-state index < -0.39 is 0 Å². The molecule has 0 unspecified atom stereocenters. The van der Waals surface area contributed by atoms with Gasteiger partial charge >= 0.3 is 0 Å². The van der Waals surface area contributed by atoms with Crippen LogP contribution in [0, 0.1) is 6.92 Å². The Labute approximate surface area is 117 Å². The van der Waals surface area contributed by atoms with Gasteiger partial charge in [-0.3, -0.25) is 0 Å². The van der Waals surface area contributed by atoms with Gasteiger partial charge in [-0.1, -0.05) is 76.4 Å². The number of hydrogen-bond donors (Lipinski definition) is 0. The van der Waals surface area contributed by atoms with Crippen LogP contribution in [0.4, 0.5) is 0 Å². The first-order chi connectivity index (χ1) is 8.77. The van der Waals surface area contributed by atoms with Crippen LogP contribution in [0.15, 0.2) is 43.0 Å². The highest BCUT2D eigenvalue weighted by Gasteiger charge is 1.98. The van der Waals surface area contributed by atoms with Crippen molar-refractivity contribution in [3.8, 4) is 0 Å². The van der Waals surface area contributed by atoms with E-state index in [0.29, 0.717) is 0 Å². The first-order valence-electron chi connectivity index (χ1n) is 6.55. The molecule has 0 fully saturated rings. The normalized spacial score (nSPS) is 11.6. The maximum atomic E-state index is 3.79. The molecule has 0 heteroatoms. The van der Waals surface area contributed by atoms with Crippen LogP contribution in [0.3, 0.4) is 0 Å². The number of fused-ring (bicyclic) bond motifs is 1. The van der Waals surface area contributed by atoms with Gasteiger partial charge in [0.25, 0.3) is 0 Å². The van der Waals surface area contributed by atoms with Gasteiger partial charge in [0.2, 0.25) is 0 Å². The number of aryl methyl sites for hydroxylation is 1. The molecule has 0 aliphatic rings. The number of rotatable bonds is 1. The molecule has 0 aliphatic carbocycles. The zero-order valence-corrected chi connectivity index (χ0v) is 11.8. The van der Waals surface area contributed by atoms with Gasteiger partial charge < -0.3 is 0 Å². The highest BCUT2D eigenvalue weighted by molar-refractivity contribution is 5.87. The molecule has 0 atom stereocenters. The molecule has 2 aromatic rings. The Hall–Kier alpha value is -1.82. The molecule has 0 radical (unpaired) electrons. The van der Waals surface area contributed by atoms with Gasteiger partial charge in [-0.05, 0) is 40.6 Å². The van der Waals surface area contributed by atoms with Crippen LogP contribution in [0.1, 0.15) is 33.8 Å². The second-order valence-corrected chi connectivity index (χ2v) is 3.93. The Bertz CT molecular complexity index is 646. The van der Waals surface area contributed by atoms with E-state index in [1.54, 1.807) is 0 Å². The minimum Gasteiger partial charge on any atom is -0.0990 e. The molecule has 0 saturated carbocycles. The third-order valence-corrected chi connectivity index (χ3v) is 2.92. The zero-order valence-electron chi connectivity index (χ0n) is 11.8. The largest absolute Gasteiger partial charge is 0.0990 e. The summed E-state index contributed by atoms with van der Waals surface area (Å²) in [5.41, 5.74) is 1.32. The zero-order chi connectivity index (χ0) is 13.5. The number of benzene rings is 2. The van der Waals surface area contributed by atoms with E-state index in [4.69, 9.17) is 0 Å². The van der Waals surface area contributed by atoms with Gasteiger partial charge in [0, 0.05) is 0 Å². The van der Waals surface area contributed by atoms with Crippen molar-refractivity contribution in [3.63, 3.8) is 0 Å². The Morgan fingerprint density at radius 3 is 2.16 bits per heavy atom. The first kappa shape index (κ1) is 17.2. The van der Waals surface area contributed by atoms with Crippen molar-refractivity contribution in [1.82, 2.24) is 0 Å². The van der Waals surface area contributed by atoms with Gasteiger partial charge in [0.15, 0.2) is 0 Å². The van der Waals surface area contributed by atoms with Gasteiger partial charge in [0.1, 0.15) is 0 Å². The molecule has 0 bridgehead atoms. The van der Waals surface area contributed by atoms with E-state index in [-0.39, 0.29) is 7.43 Å². The maximum Gasteiger partial charge on any atom is -0.0103 e. The third-order valence-electron chi connectivity index (χ3n) is 2.92. The lowest BCUT2D eigenvalue weighted by molar-refractivity contribution is 1.46. The monoisotopic (exact) mass is 254 g/mol. The second kappa shape index (κ2) is 8.31. The summed E-state index contributed by atoms with van der Waals surface area (Å²) in [4.78, 5) is 0. The van der Waals surface area contributed by atoms with Crippen LogP contribution in [0.5, 0.6) is 0 Å². The van der Waals surface area contributed by atoms with E-state index in [1.807, 2.05) is 19.9 Å². The molecule has 0 aromatic heterocycles. The van der Waals surface area contributed by atoms with Gasteiger partial charge in [-0.25, -0.2) is 0 Å². The fourth-order valence-electron chi connectivity index (χ4n) is 2.15. The van der Waals surface area contributed by atoms with Crippen LogP contribution < -0.4 is 10.4 Å². The third kappa shape index (κ3) is 3.57. The summed E-state index contributed by atoms with van der Waals surface area (Å²) in [7, 11) is 0. The summed E-state index contributed by atoms with van der Waals surface area (Å²) in [5, 5.41) is 5.16. The lowest BCUT2D eigenvalue weighted by Gasteiger charge is -2.03. The van der Waals surface area contributed by atoms with Crippen molar-refractivity contribution in [2.24, 2.45) is 0 Å². The van der Waals surface area contributed by atoms with Gasteiger partial charge in [-0.2, -0.15) is 0 Å². The molecule has 0 heterocycles. The summed E-state index contributed by atoms with van der Waals surface area (Å²) in [6.45, 7) is 12.0. The Balaban J connectivity index is 0.00000103. The summed E-state index contributed by atoms with van der Waals surface area (Å²) in [5.74, 6) is 0. The maximum absolute atomic E-state index is 3.79. The first-order valence-corrected chi connectivity index (χ1v) is 6.55. The quantitative estimate of drug-likeness (QED) is 0.699. The Kier molecular flexibility index (Phi) is 7.52. The number of hydrogen-bond acceptors (Lipinski definition) is 0. The molecule has 0 spiro atoms. The number of allylic oxidation sites excluding steroid dienone is 1. The predicted octanol–water partition coefficient (Wildman–Crippen LogP) is 4.58. The summed E-state index contributed by atoms with van der Waals surface area (Å²) < 4.78 is 0. The minimum atomic E-state index is 0. The Morgan fingerprint density at radius 2 is 1.63 bits per heavy atom. The van der Waals surface area contributed by atoms with Crippen molar-refractivity contribution in [2.75, 3.05) is 0 Å². The fraction of sp³-hybridized carbons (Fsp3) is 0.263. The van der Waals surface area contributed by atoms with Crippen LogP contribution in [-0.4, -0.2) is 0 Å². The van der Waals surface area contributed by atoms with Crippen molar-refractivity contribution in [3.05, 3.63) is 59.0 Å². The van der Waals surface area contributed by atoms with E-state index in [2.05, 4.69) is 62.9 Å². The summed E-state index contributed by atoms with van der Waals surface area (Å²) in [6, 6.07) is 10.7. The van der Waals surface area contributed by atoms with E-state index >= 15 is 0 Å². The summed E-state index contributed by atoms with van der Waals surface area (Å²) in [6.07, 6.45) is 6.08. The fourth-order valence-corrected chi connectivity index (χ4v) is 2.15. The molecule has 19 heavy (non-hydrogen) atoms. The molecular weight excluding hydrogens is 228 g/mol.